The highest BCUT2D eigenvalue weighted by Crippen LogP contribution is 2.35. The highest BCUT2D eigenvalue weighted by molar-refractivity contribution is 7.89. The number of aliphatic hydroxyl groups is 1. The summed E-state index contributed by atoms with van der Waals surface area (Å²) < 4.78 is 35.0. The van der Waals surface area contributed by atoms with Crippen molar-refractivity contribution in [1.29, 1.82) is 0 Å². The Kier molecular flexibility index (Phi) is 8.64. The number of sulfonamides is 1. The van der Waals surface area contributed by atoms with Crippen molar-refractivity contribution in [3.8, 4) is 17.6 Å². The van der Waals surface area contributed by atoms with Crippen molar-refractivity contribution in [2.24, 2.45) is 17.8 Å². The molecule has 36 heavy (non-hydrogen) atoms. The number of likely N-dealkylation sites (N-methyl/N-ethyl adjacent to an activating group) is 1. The number of fused-ring (bicyclic) bond motifs is 1. The third-order valence-corrected chi connectivity index (χ3v) is 9.82. The summed E-state index contributed by atoms with van der Waals surface area (Å²) in [7, 11) is -2.11. The molecule has 2 saturated carbocycles. The Hall–Kier alpha value is -2.08. The highest BCUT2D eigenvalue weighted by Gasteiger charge is 2.38. The van der Waals surface area contributed by atoms with Gasteiger partial charge in [-0.05, 0) is 62.6 Å². The first-order valence-electron chi connectivity index (χ1n) is 13.3. The SMILES string of the molecule is C[C@@H]1CN([C@@H](C)CO)S(=O)(=O)c2ccc(C#CCC3CCCC3)cc2O[C@@H]1CN(C)C(=O)CC1CC1. The van der Waals surface area contributed by atoms with Crippen molar-refractivity contribution < 1.29 is 23.1 Å². The molecule has 3 aliphatic rings. The lowest BCUT2D eigenvalue weighted by Gasteiger charge is -2.37. The van der Waals surface area contributed by atoms with Crippen molar-refractivity contribution in [2.45, 2.75) is 82.3 Å². The van der Waals surface area contributed by atoms with Crippen LogP contribution in [0.2, 0.25) is 0 Å². The zero-order valence-electron chi connectivity index (χ0n) is 21.8. The molecule has 0 bridgehead atoms. The number of hydrogen-bond acceptors (Lipinski definition) is 5. The average molecular weight is 517 g/mol. The normalized spacial score (nSPS) is 25.0. The highest BCUT2D eigenvalue weighted by atomic mass is 32.2. The van der Waals surface area contributed by atoms with E-state index in [2.05, 4.69) is 11.8 Å². The maximum absolute atomic E-state index is 13.6. The largest absolute Gasteiger partial charge is 0.487 e. The van der Waals surface area contributed by atoms with E-state index in [1.807, 2.05) is 6.92 Å². The van der Waals surface area contributed by atoms with E-state index in [1.54, 1.807) is 37.1 Å². The van der Waals surface area contributed by atoms with Gasteiger partial charge in [-0.2, -0.15) is 4.31 Å². The Morgan fingerprint density at radius 1 is 1.22 bits per heavy atom. The Morgan fingerprint density at radius 3 is 2.61 bits per heavy atom. The second kappa shape index (κ2) is 11.5. The first-order valence-corrected chi connectivity index (χ1v) is 14.8. The van der Waals surface area contributed by atoms with Crippen LogP contribution in [0.5, 0.6) is 5.75 Å². The zero-order valence-corrected chi connectivity index (χ0v) is 22.6. The summed E-state index contributed by atoms with van der Waals surface area (Å²) >= 11 is 0. The van der Waals surface area contributed by atoms with Crippen molar-refractivity contribution in [3.63, 3.8) is 0 Å². The van der Waals surface area contributed by atoms with Crippen LogP contribution in [0.1, 0.15) is 70.8 Å². The minimum atomic E-state index is -3.89. The number of rotatable bonds is 7. The van der Waals surface area contributed by atoms with Crippen LogP contribution >= 0.6 is 0 Å². The van der Waals surface area contributed by atoms with E-state index in [9.17, 15) is 18.3 Å². The van der Waals surface area contributed by atoms with Gasteiger partial charge >= 0.3 is 0 Å². The van der Waals surface area contributed by atoms with Crippen molar-refractivity contribution >= 4 is 15.9 Å². The number of aliphatic hydroxyl groups excluding tert-OH is 1. The number of nitrogens with zero attached hydrogens (tertiary/aromatic N) is 2. The van der Waals surface area contributed by atoms with Gasteiger partial charge < -0.3 is 14.7 Å². The van der Waals surface area contributed by atoms with Crippen LogP contribution in [0.4, 0.5) is 0 Å². The predicted octanol–water partition coefficient (Wildman–Crippen LogP) is 3.65. The predicted molar refractivity (Wildman–Crippen MR) is 139 cm³/mol. The van der Waals surface area contributed by atoms with E-state index < -0.39 is 22.2 Å². The minimum absolute atomic E-state index is 0.0769. The minimum Gasteiger partial charge on any atom is -0.487 e. The summed E-state index contributed by atoms with van der Waals surface area (Å²) in [6, 6.07) is 4.43. The topological polar surface area (TPSA) is 87.2 Å². The summed E-state index contributed by atoms with van der Waals surface area (Å²) in [6.07, 6.45) is 8.23. The van der Waals surface area contributed by atoms with E-state index in [1.165, 1.54) is 30.0 Å². The van der Waals surface area contributed by atoms with Crippen LogP contribution in [-0.4, -0.2) is 67.5 Å². The van der Waals surface area contributed by atoms with Gasteiger partial charge in [0.05, 0.1) is 13.2 Å². The molecule has 4 rings (SSSR count). The molecule has 3 atom stereocenters. The first kappa shape index (κ1) is 27.0. The Morgan fingerprint density at radius 2 is 1.94 bits per heavy atom. The van der Waals surface area contributed by atoms with E-state index in [0.717, 1.165) is 19.3 Å². The maximum Gasteiger partial charge on any atom is 0.247 e. The fourth-order valence-electron chi connectivity index (χ4n) is 5.13. The van der Waals surface area contributed by atoms with Gasteiger partial charge in [0.1, 0.15) is 16.7 Å². The Labute approximate surface area is 216 Å². The number of carbonyl (C=O) groups is 1. The molecule has 2 fully saturated rings. The third-order valence-electron chi connectivity index (χ3n) is 7.81. The summed E-state index contributed by atoms with van der Waals surface area (Å²) in [4.78, 5) is 14.5. The summed E-state index contributed by atoms with van der Waals surface area (Å²) in [6.45, 7) is 3.92. The summed E-state index contributed by atoms with van der Waals surface area (Å²) in [5.74, 6) is 7.78. The smallest absolute Gasteiger partial charge is 0.247 e. The van der Waals surface area contributed by atoms with Crippen molar-refractivity contribution in [3.05, 3.63) is 23.8 Å². The standard InChI is InChI=1S/C28H40N2O5S/c1-20-17-30(21(2)19-31)36(33,34)27-14-13-23(10-6-9-22-7-4-5-8-22)15-25(27)35-26(20)18-29(3)28(32)16-24-11-12-24/h13-15,20-22,24,26,31H,4-5,7-9,11-12,16-19H2,1-3H3/t20-,21+,26-/m1/s1. The monoisotopic (exact) mass is 516 g/mol. The van der Waals surface area contributed by atoms with Gasteiger partial charge in [-0.15, -0.1) is 0 Å². The molecule has 1 aromatic rings. The number of ether oxygens (including phenoxy) is 1. The zero-order chi connectivity index (χ0) is 25.9. The third kappa shape index (κ3) is 6.42. The number of hydrogen-bond donors (Lipinski definition) is 1. The molecule has 1 amide bonds. The van der Waals surface area contributed by atoms with Gasteiger partial charge in [-0.1, -0.05) is 31.6 Å². The molecule has 1 N–H and O–H groups in total. The van der Waals surface area contributed by atoms with Crippen molar-refractivity contribution in [2.75, 3.05) is 26.7 Å². The molecule has 0 unspecified atom stereocenters. The lowest BCUT2D eigenvalue weighted by atomic mass is 10.0. The van der Waals surface area contributed by atoms with Crippen LogP contribution in [0.25, 0.3) is 0 Å². The molecule has 0 saturated heterocycles. The molecule has 2 aliphatic carbocycles. The van der Waals surface area contributed by atoms with Gasteiger partial charge in [-0.25, -0.2) is 8.42 Å². The molecule has 1 aliphatic heterocycles. The van der Waals surface area contributed by atoms with Gasteiger partial charge in [-0.3, -0.25) is 4.79 Å². The van der Waals surface area contributed by atoms with Crippen LogP contribution in [0.15, 0.2) is 23.1 Å². The molecule has 7 nitrogen and oxygen atoms in total. The first-order chi connectivity index (χ1) is 17.2. The Balaban J connectivity index is 1.63. The molecule has 8 heteroatoms. The number of carbonyl (C=O) groups excluding carboxylic acids is 1. The van der Waals surface area contributed by atoms with Gasteiger partial charge in [0.2, 0.25) is 15.9 Å². The lowest BCUT2D eigenvalue weighted by Crippen LogP contribution is -2.50. The van der Waals surface area contributed by atoms with Crippen molar-refractivity contribution in [1.82, 2.24) is 9.21 Å². The maximum atomic E-state index is 13.6. The molecular weight excluding hydrogens is 476 g/mol. The van der Waals surface area contributed by atoms with Crippen LogP contribution in [0, 0.1) is 29.6 Å². The van der Waals surface area contributed by atoms with Crippen LogP contribution < -0.4 is 4.74 Å². The van der Waals surface area contributed by atoms with Crippen LogP contribution in [-0.2, 0) is 14.8 Å². The lowest BCUT2D eigenvalue weighted by molar-refractivity contribution is -0.131. The van der Waals surface area contributed by atoms with Gasteiger partial charge in [0.25, 0.3) is 0 Å². The molecule has 0 aromatic heterocycles. The summed E-state index contributed by atoms with van der Waals surface area (Å²) in [5, 5.41) is 9.81. The fraction of sp³-hybridized carbons (Fsp3) is 0.679. The van der Waals surface area contributed by atoms with E-state index >= 15 is 0 Å². The molecule has 0 radical (unpaired) electrons. The number of amides is 1. The second-order valence-electron chi connectivity index (χ2n) is 11.0. The fourth-order valence-corrected chi connectivity index (χ4v) is 6.96. The van der Waals surface area contributed by atoms with E-state index in [0.29, 0.717) is 30.4 Å². The van der Waals surface area contributed by atoms with Crippen LogP contribution in [0.3, 0.4) is 0 Å². The van der Waals surface area contributed by atoms with Gasteiger partial charge in [0, 0.05) is 44.0 Å². The molecular formula is C28H40N2O5S. The molecule has 198 valence electrons. The second-order valence-corrected chi connectivity index (χ2v) is 12.8. The van der Waals surface area contributed by atoms with E-state index in [-0.39, 0.29) is 35.6 Å². The molecule has 1 aromatic carbocycles. The summed E-state index contributed by atoms with van der Waals surface area (Å²) in [5.41, 5.74) is 0.717. The molecule has 0 spiro atoms. The van der Waals surface area contributed by atoms with Gasteiger partial charge in [0.15, 0.2) is 0 Å². The number of benzene rings is 1. The Bertz CT molecular complexity index is 1100. The average Bonchev–Trinajstić information content (AvgIpc) is 3.51. The quantitative estimate of drug-likeness (QED) is 0.559. The molecule has 1 heterocycles. The van der Waals surface area contributed by atoms with E-state index in [4.69, 9.17) is 4.74 Å².